The van der Waals surface area contributed by atoms with Gasteiger partial charge < -0.3 is 10.4 Å². The number of aliphatic hydroxyl groups is 1. The molecule has 1 heterocycles. The molecule has 0 spiro atoms. The van der Waals surface area contributed by atoms with Gasteiger partial charge >= 0.3 is 0 Å². The molecule has 3 rings (SSSR count). The maximum Gasteiger partial charge on any atom is 0.0802 e. The van der Waals surface area contributed by atoms with E-state index in [2.05, 4.69) is 29.6 Å². The van der Waals surface area contributed by atoms with Crippen molar-refractivity contribution in [3.05, 3.63) is 71.8 Å². The van der Waals surface area contributed by atoms with Crippen LogP contribution in [0.5, 0.6) is 0 Å². The first-order valence-electron chi connectivity index (χ1n) is 7.37. The van der Waals surface area contributed by atoms with Crippen molar-refractivity contribution in [3.8, 4) is 0 Å². The first-order chi connectivity index (χ1) is 9.86. The Morgan fingerprint density at radius 3 is 1.90 bits per heavy atom. The second kappa shape index (κ2) is 6.21. The lowest BCUT2D eigenvalue weighted by atomic mass is 9.83. The zero-order chi connectivity index (χ0) is 13.8. The van der Waals surface area contributed by atoms with E-state index >= 15 is 0 Å². The van der Waals surface area contributed by atoms with Gasteiger partial charge in [0.1, 0.15) is 0 Å². The lowest BCUT2D eigenvalue weighted by molar-refractivity contribution is 0.119. The first kappa shape index (κ1) is 13.3. The van der Waals surface area contributed by atoms with E-state index in [9.17, 15) is 5.11 Å². The smallest absolute Gasteiger partial charge is 0.0802 e. The van der Waals surface area contributed by atoms with E-state index in [4.69, 9.17) is 0 Å². The fourth-order valence-electron chi connectivity index (χ4n) is 3.14. The minimum Gasteiger partial charge on any atom is -0.391 e. The van der Waals surface area contributed by atoms with E-state index < -0.39 is 0 Å². The molecule has 20 heavy (non-hydrogen) atoms. The molecular formula is C18H21NO. The molecule has 2 N–H and O–H groups in total. The molecule has 0 unspecified atom stereocenters. The van der Waals surface area contributed by atoms with E-state index in [1.54, 1.807) is 0 Å². The minimum atomic E-state index is -0.387. The van der Waals surface area contributed by atoms with Gasteiger partial charge in [-0.05, 0) is 30.5 Å². The third-order valence-electron chi connectivity index (χ3n) is 4.17. The molecule has 0 radical (unpaired) electrons. The SMILES string of the molecule is O[C@@H](C(c1ccccc1)c1ccccc1)[C@H]1CCCN1. The van der Waals surface area contributed by atoms with Crippen LogP contribution in [0.25, 0.3) is 0 Å². The van der Waals surface area contributed by atoms with Crippen molar-refractivity contribution in [2.75, 3.05) is 6.54 Å². The van der Waals surface area contributed by atoms with Crippen LogP contribution in [0.3, 0.4) is 0 Å². The fourth-order valence-corrected chi connectivity index (χ4v) is 3.14. The Kier molecular flexibility index (Phi) is 4.14. The van der Waals surface area contributed by atoms with Crippen LogP contribution in [0.15, 0.2) is 60.7 Å². The molecule has 0 bridgehead atoms. The third kappa shape index (κ3) is 2.77. The topological polar surface area (TPSA) is 32.3 Å². The van der Waals surface area contributed by atoms with Crippen molar-refractivity contribution in [1.82, 2.24) is 5.32 Å². The molecule has 2 aromatic rings. The standard InChI is InChI=1S/C18H21NO/c20-18(16-12-7-13-19-16)17(14-8-3-1-4-9-14)15-10-5-2-6-11-15/h1-6,8-11,16-20H,7,12-13H2/t16-,18-/m1/s1. The molecule has 1 aliphatic rings. The Bertz CT molecular complexity index is 480. The summed E-state index contributed by atoms with van der Waals surface area (Å²) < 4.78 is 0. The van der Waals surface area contributed by atoms with Gasteiger partial charge in [0.15, 0.2) is 0 Å². The summed E-state index contributed by atoms with van der Waals surface area (Å²) in [6.45, 7) is 1.01. The second-order valence-corrected chi connectivity index (χ2v) is 5.49. The van der Waals surface area contributed by atoms with E-state index in [1.807, 2.05) is 36.4 Å². The molecule has 0 amide bonds. The minimum absolute atomic E-state index is 0.0352. The summed E-state index contributed by atoms with van der Waals surface area (Å²) in [7, 11) is 0. The van der Waals surface area contributed by atoms with Gasteiger partial charge in [-0.1, -0.05) is 60.7 Å². The summed E-state index contributed by atoms with van der Waals surface area (Å²) >= 11 is 0. The van der Waals surface area contributed by atoms with Gasteiger partial charge in [0.05, 0.1) is 6.10 Å². The summed E-state index contributed by atoms with van der Waals surface area (Å²) in [4.78, 5) is 0. The van der Waals surface area contributed by atoms with Crippen molar-refractivity contribution in [2.45, 2.75) is 30.9 Å². The highest BCUT2D eigenvalue weighted by Crippen LogP contribution is 2.31. The van der Waals surface area contributed by atoms with E-state index in [-0.39, 0.29) is 18.1 Å². The summed E-state index contributed by atoms with van der Waals surface area (Å²) in [5.74, 6) is 0.0352. The molecule has 1 fully saturated rings. The molecule has 0 saturated carbocycles. The van der Waals surface area contributed by atoms with Crippen LogP contribution in [0, 0.1) is 0 Å². The Hall–Kier alpha value is -1.64. The molecule has 2 atom stereocenters. The quantitative estimate of drug-likeness (QED) is 0.892. The number of rotatable bonds is 4. The van der Waals surface area contributed by atoms with Gasteiger partial charge in [0.2, 0.25) is 0 Å². The predicted molar refractivity (Wildman–Crippen MR) is 81.8 cm³/mol. The molecule has 2 heteroatoms. The average molecular weight is 267 g/mol. The lowest BCUT2D eigenvalue weighted by Gasteiger charge is -2.28. The Balaban J connectivity index is 1.95. The van der Waals surface area contributed by atoms with Gasteiger partial charge in [-0.25, -0.2) is 0 Å². The van der Waals surface area contributed by atoms with Gasteiger partial charge in [-0.15, -0.1) is 0 Å². The highest BCUT2D eigenvalue weighted by molar-refractivity contribution is 5.34. The van der Waals surface area contributed by atoms with Gasteiger partial charge in [0, 0.05) is 12.0 Å². The van der Waals surface area contributed by atoms with Crippen molar-refractivity contribution >= 4 is 0 Å². The largest absolute Gasteiger partial charge is 0.391 e. The van der Waals surface area contributed by atoms with Crippen LogP contribution in [-0.2, 0) is 0 Å². The molecule has 1 aliphatic heterocycles. The normalized spacial score (nSPS) is 20.2. The molecular weight excluding hydrogens is 246 g/mol. The third-order valence-corrected chi connectivity index (χ3v) is 4.17. The molecule has 0 aliphatic carbocycles. The van der Waals surface area contributed by atoms with Crippen molar-refractivity contribution in [2.24, 2.45) is 0 Å². The maximum absolute atomic E-state index is 10.9. The van der Waals surface area contributed by atoms with Crippen molar-refractivity contribution in [1.29, 1.82) is 0 Å². The summed E-state index contributed by atoms with van der Waals surface area (Å²) in [5.41, 5.74) is 2.36. The Morgan fingerprint density at radius 2 is 1.45 bits per heavy atom. The van der Waals surface area contributed by atoms with E-state index in [0.29, 0.717) is 0 Å². The fraction of sp³-hybridized carbons (Fsp3) is 0.333. The number of nitrogens with one attached hydrogen (secondary N) is 1. The highest BCUT2D eigenvalue weighted by Gasteiger charge is 2.31. The first-order valence-corrected chi connectivity index (χ1v) is 7.37. The molecule has 1 saturated heterocycles. The molecule has 104 valence electrons. The lowest BCUT2D eigenvalue weighted by Crippen LogP contribution is -2.39. The van der Waals surface area contributed by atoms with Gasteiger partial charge in [-0.2, -0.15) is 0 Å². The summed E-state index contributed by atoms with van der Waals surface area (Å²) in [5, 5.41) is 14.3. The zero-order valence-corrected chi connectivity index (χ0v) is 11.6. The van der Waals surface area contributed by atoms with Crippen LogP contribution in [0.2, 0.25) is 0 Å². The Labute approximate surface area is 120 Å². The molecule has 2 aromatic carbocycles. The summed E-state index contributed by atoms with van der Waals surface area (Å²) in [6.07, 6.45) is 1.82. The van der Waals surface area contributed by atoms with Crippen LogP contribution in [-0.4, -0.2) is 23.8 Å². The van der Waals surface area contributed by atoms with Gasteiger partial charge in [-0.3, -0.25) is 0 Å². The summed E-state index contributed by atoms with van der Waals surface area (Å²) in [6, 6.07) is 20.8. The predicted octanol–water partition coefficient (Wildman–Crippen LogP) is 2.93. The van der Waals surface area contributed by atoms with Crippen molar-refractivity contribution in [3.63, 3.8) is 0 Å². The van der Waals surface area contributed by atoms with Crippen LogP contribution in [0.4, 0.5) is 0 Å². The Morgan fingerprint density at radius 1 is 0.900 bits per heavy atom. The van der Waals surface area contributed by atoms with E-state index in [0.717, 1.165) is 19.4 Å². The van der Waals surface area contributed by atoms with Crippen LogP contribution < -0.4 is 5.32 Å². The number of hydrogen-bond donors (Lipinski definition) is 2. The monoisotopic (exact) mass is 267 g/mol. The van der Waals surface area contributed by atoms with E-state index in [1.165, 1.54) is 11.1 Å². The van der Waals surface area contributed by atoms with Crippen LogP contribution in [0.1, 0.15) is 29.9 Å². The zero-order valence-electron chi connectivity index (χ0n) is 11.6. The second-order valence-electron chi connectivity index (χ2n) is 5.49. The van der Waals surface area contributed by atoms with Gasteiger partial charge in [0.25, 0.3) is 0 Å². The molecule has 2 nitrogen and oxygen atoms in total. The molecule has 0 aromatic heterocycles. The highest BCUT2D eigenvalue weighted by atomic mass is 16.3. The number of hydrogen-bond acceptors (Lipinski definition) is 2. The average Bonchev–Trinajstić information content (AvgIpc) is 3.04. The van der Waals surface area contributed by atoms with Crippen molar-refractivity contribution < 1.29 is 5.11 Å². The maximum atomic E-state index is 10.9. The van der Waals surface area contributed by atoms with Crippen LogP contribution >= 0.6 is 0 Å². The number of aliphatic hydroxyl groups excluding tert-OH is 1. The number of benzene rings is 2.